The van der Waals surface area contributed by atoms with E-state index in [0.717, 1.165) is 37.9 Å². The average Bonchev–Trinajstić information content (AvgIpc) is 3.14. The maximum Gasteiger partial charge on any atom is 0.264 e. The zero-order chi connectivity index (χ0) is 19.7. The number of thiophene rings is 1. The van der Waals surface area contributed by atoms with Crippen LogP contribution in [0, 0.1) is 19.3 Å². The zero-order valence-corrected chi connectivity index (χ0v) is 16.3. The number of benzene rings is 2. The molecule has 2 heterocycles. The van der Waals surface area contributed by atoms with Gasteiger partial charge in [0.2, 0.25) is 0 Å². The Morgan fingerprint density at radius 3 is 2.75 bits per heavy atom. The fourth-order valence-corrected chi connectivity index (χ4v) is 4.68. The molecule has 4 nitrogen and oxygen atoms in total. The molecule has 5 heteroatoms. The monoisotopic (exact) mass is 390 g/mol. The van der Waals surface area contributed by atoms with Gasteiger partial charge >= 0.3 is 0 Å². The number of rotatable bonds is 3. The van der Waals surface area contributed by atoms with E-state index < -0.39 is 0 Å². The van der Waals surface area contributed by atoms with Gasteiger partial charge in [-0.05, 0) is 47.0 Å². The molecule has 0 aliphatic carbocycles. The van der Waals surface area contributed by atoms with Crippen LogP contribution in [0.5, 0.6) is 0 Å². The number of fused-ring (bicyclic) bond motifs is 1. The molecule has 0 bridgehead atoms. The maximum atomic E-state index is 12.8. The van der Waals surface area contributed by atoms with E-state index in [1.54, 1.807) is 6.07 Å². The van der Waals surface area contributed by atoms with Crippen molar-refractivity contribution in [3.8, 4) is 22.8 Å². The van der Waals surface area contributed by atoms with E-state index in [1.165, 1.54) is 11.3 Å². The number of hydrogen-bond acceptors (Lipinski definition) is 4. The number of nitrogens with zero attached hydrogens (tertiary/aromatic N) is 1. The van der Waals surface area contributed by atoms with Gasteiger partial charge in [-0.1, -0.05) is 24.1 Å². The SMILES string of the molecule is C#Cc1ccc2cc(-c3sc(C(=O)N4CCOCC4)cc3C)ccc2c1C=O.[H]. The molecule has 0 unspecified atom stereocenters. The van der Waals surface area contributed by atoms with E-state index in [1.807, 2.05) is 42.2 Å². The number of aldehydes is 1. The normalized spacial score (nSPS) is 14.1. The molecule has 28 heavy (non-hydrogen) atoms. The van der Waals surface area contributed by atoms with Crippen molar-refractivity contribution in [1.29, 1.82) is 0 Å². The third kappa shape index (κ3) is 3.22. The van der Waals surface area contributed by atoms with Crippen LogP contribution in [0.25, 0.3) is 21.2 Å². The van der Waals surface area contributed by atoms with Crippen molar-refractivity contribution in [3.05, 3.63) is 58.0 Å². The first-order valence-corrected chi connectivity index (χ1v) is 9.90. The van der Waals surface area contributed by atoms with Crippen LogP contribution in [0.1, 0.15) is 32.6 Å². The summed E-state index contributed by atoms with van der Waals surface area (Å²) in [6.07, 6.45) is 6.31. The topological polar surface area (TPSA) is 46.6 Å². The minimum absolute atomic E-state index is 0. The number of morpholine rings is 1. The van der Waals surface area contributed by atoms with Gasteiger partial charge < -0.3 is 9.64 Å². The molecule has 1 aliphatic rings. The van der Waals surface area contributed by atoms with Gasteiger partial charge in [0.15, 0.2) is 6.29 Å². The highest BCUT2D eigenvalue weighted by atomic mass is 32.1. The Morgan fingerprint density at radius 1 is 1.25 bits per heavy atom. The number of carbonyl (C=O) groups is 2. The van der Waals surface area contributed by atoms with Crippen molar-refractivity contribution in [2.45, 2.75) is 6.92 Å². The van der Waals surface area contributed by atoms with Gasteiger partial charge in [-0.25, -0.2) is 0 Å². The molecular weight excluding hydrogens is 370 g/mol. The van der Waals surface area contributed by atoms with Gasteiger partial charge in [0, 0.05) is 30.5 Å². The fourth-order valence-electron chi connectivity index (χ4n) is 3.54. The molecular formula is C23H20NO3S. The van der Waals surface area contributed by atoms with E-state index in [-0.39, 0.29) is 7.33 Å². The van der Waals surface area contributed by atoms with Gasteiger partial charge in [-0.3, -0.25) is 9.59 Å². The molecule has 1 aliphatic heterocycles. The van der Waals surface area contributed by atoms with Crippen LogP contribution in [-0.2, 0) is 4.74 Å². The molecule has 141 valence electrons. The van der Waals surface area contributed by atoms with E-state index in [4.69, 9.17) is 11.2 Å². The van der Waals surface area contributed by atoms with E-state index in [2.05, 4.69) is 5.92 Å². The Kier molecular flexibility index (Phi) is 4.99. The second kappa shape index (κ2) is 7.59. The minimum Gasteiger partial charge on any atom is -0.378 e. The molecule has 1 fully saturated rings. The van der Waals surface area contributed by atoms with Gasteiger partial charge in [-0.15, -0.1) is 17.8 Å². The Bertz CT molecular complexity index is 1120. The maximum absolute atomic E-state index is 12.8. The molecule has 1 aromatic heterocycles. The highest BCUT2D eigenvalue weighted by molar-refractivity contribution is 7.17. The second-order valence-corrected chi connectivity index (χ2v) is 7.80. The lowest BCUT2D eigenvalue weighted by Crippen LogP contribution is -2.40. The summed E-state index contributed by atoms with van der Waals surface area (Å²) in [6.45, 7) is 4.46. The summed E-state index contributed by atoms with van der Waals surface area (Å²) in [7, 11) is 0. The van der Waals surface area contributed by atoms with Crippen LogP contribution in [0.4, 0.5) is 0 Å². The van der Waals surface area contributed by atoms with E-state index >= 15 is 0 Å². The molecule has 1 radical (unpaired) electrons. The van der Waals surface area contributed by atoms with E-state index in [0.29, 0.717) is 37.4 Å². The van der Waals surface area contributed by atoms with Crippen molar-refractivity contribution in [3.63, 3.8) is 0 Å². The molecule has 0 atom stereocenters. The highest BCUT2D eigenvalue weighted by Gasteiger charge is 2.21. The van der Waals surface area contributed by atoms with Crippen LogP contribution in [0.2, 0.25) is 0 Å². The molecule has 0 spiro atoms. The summed E-state index contributed by atoms with van der Waals surface area (Å²) in [5, 5.41) is 1.79. The van der Waals surface area contributed by atoms with Gasteiger partial charge in [-0.2, -0.15) is 0 Å². The van der Waals surface area contributed by atoms with E-state index in [9.17, 15) is 9.59 Å². The first-order valence-electron chi connectivity index (χ1n) is 9.08. The molecule has 0 saturated carbocycles. The Balaban J connectivity index is 0.00000240. The van der Waals surface area contributed by atoms with Crippen LogP contribution in [-0.4, -0.2) is 43.4 Å². The summed E-state index contributed by atoms with van der Waals surface area (Å²) >= 11 is 1.51. The average molecular weight is 390 g/mol. The number of hydrogen-bond donors (Lipinski definition) is 0. The summed E-state index contributed by atoms with van der Waals surface area (Å²) in [5.41, 5.74) is 3.23. The fraction of sp³-hybridized carbons (Fsp3) is 0.217. The smallest absolute Gasteiger partial charge is 0.264 e. The summed E-state index contributed by atoms with van der Waals surface area (Å²) < 4.78 is 5.33. The molecule has 1 saturated heterocycles. The molecule has 0 N–H and O–H groups in total. The summed E-state index contributed by atoms with van der Waals surface area (Å²) in [6, 6.07) is 11.6. The quantitative estimate of drug-likeness (QED) is 0.496. The predicted octanol–water partition coefficient (Wildman–Crippen LogP) is 4.26. The number of ether oxygens (including phenoxy) is 1. The lowest BCUT2D eigenvalue weighted by molar-refractivity contribution is 0.0306. The van der Waals surface area contributed by atoms with Crippen molar-refractivity contribution in [2.75, 3.05) is 26.3 Å². The Morgan fingerprint density at radius 2 is 2.04 bits per heavy atom. The van der Waals surface area contributed by atoms with Crippen LogP contribution < -0.4 is 0 Å². The van der Waals surface area contributed by atoms with Crippen LogP contribution in [0.3, 0.4) is 0 Å². The van der Waals surface area contributed by atoms with Crippen molar-refractivity contribution in [2.24, 2.45) is 0 Å². The molecule has 1 amide bonds. The van der Waals surface area contributed by atoms with Crippen molar-refractivity contribution >= 4 is 34.3 Å². The lowest BCUT2D eigenvalue weighted by atomic mass is 9.97. The molecule has 4 rings (SSSR count). The van der Waals surface area contributed by atoms with Gasteiger partial charge in [0.25, 0.3) is 5.91 Å². The number of terminal acetylenes is 1. The van der Waals surface area contributed by atoms with Gasteiger partial charge in [0.1, 0.15) is 0 Å². The molecule has 2 aromatic carbocycles. The minimum atomic E-state index is 0. The number of amides is 1. The Hall–Kier alpha value is -2.94. The third-order valence-corrected chi connectivity index (χ3v) is 6.30. The first kappa shape index (κ1) is 18.4. The highest BCUT2D eigenvalue weighted by Crippen LogP contribution is 2.35. The first-order chi connectivity index (χ1) is 13.6. The predicted molar refractivity (Wildman–Crippen MR) is 113 cm³/mol. The van der Waals surface area contributed by atoms with Crippen LogP contribution >= 0.6 is 11.3 Å². The molecule has 3 aromatic rings. The van der Waals surface area contributed by atoms with Gasteiger partial charge in [0.05, 0.1) is 18.1 Å². The Labute approximate surface area is 169 Å². The summed E-state index contributed by atoms with van der Waals surface area (Å²) in [5.74, 6) is 2.62. The third-order valence-electron chi connectivity index (χ3n) is 5.02. The number of carbonyl (C=O) groups excluding carboxylic acids is 2. The standard InChI is InChI=1S/C23H19NO3S.H/c1-3-16-4-5-17-13-18(6-7-19(17)20(16)14-25)22-15(2)12-21(28-22)23(26)24-8-10-27-11-9-24;/h1,4-7,12-14H,8-11H2,2H3;. The summed E-state index contributed by atoms with van der Waals surface area (Å²) in [4.78, 5) is 27.9. The zero-order valence-electron chi connectivity index (χ0n) is 16.5. The van der Waals surface area contributed by atoms with Crippen LogP contribution in [0.15, 0.2) is 36.4 Å². The lowest BCUT2D eigenvalue weighted by Gasteiger charge is -2.26. The van der Waals surface area contributed by atoms with Crippen molar-refractivity contribution < 1.29 is 15.8 Å². The second-order valence-electron chi connectivity index (χ2n) is 6.75. The number of aryl methyl sites for hydroxylation is 1. The largest absolute Gasteiger partial charge is 0.378 e. The van der Waals surface area contributed by atoms with Crippen molar-refractivity contribution in [1.82, 2.24) is 4.90 Å².